The summed E-state index contributed by atoms with van der Waals surface area (Å²) in [7, 11) is 0. The van der Waals surface area contributed by atoms with Crippen molar-refractivity contribution in [2.75, 3.05) is 13.2 Å². The van der Waals surface area contributed by atoms with Crippen molar-refractivity contribution in [3.05, 3.63) is 29.8 Å². The highest BCUT2D eigenvalue weighted by Gasteiger charge is 2.13. The lowest BCUT2D eigenvalue weighted by Gasteiger charge is -2.13. The van der Waals surface area contributed by atoms with Crippen LogP contribution in [-0.4, -0.2) is 35.3 Å². The van der Waals surface area contributed by atoms with Gasteiger partial charge in [0.15, 0.2) is 0 Å². The molecule has 2 atom stereocenters. The lowest BCUT2D eigenvalue weighted by molar-refractivity contribution is -0.122. The third-order valence-electron chi connectivity index (χ3n) is 3.21. The summed E-state index contributed by atoms with van der Waals surface area (Å²) in [5.41, 5.74) is 6.76. The Morgan fingerprint density at radius 3 is 2.60 bits per heavy atom. The molecular formula is C15H24N2O3. The van der Waals surface area contributed by atoms with Crippen LogP contribution < -0.4 is 11.1 Å². The quantitative estimate of drug-likeness (QED) is 0.529. The Bertz CT molecular complexity index is 406. The van der Waals surface area contributed by atoms with Crippen LogP contribution in [0.1, 0.15) is 25.3 Å². The van der Waals surface area contributed by atoms with Crippen LogP contribution in [-0.2, 0) is 11.2 Å². The van der Waals surface area contributed by atoms with Gasteiger partial charge < -0.3 is 21.3 Å². The minimum atomic E-state index is -0.588. The van der Waals surface area contributed by atoms with E-state index >= 15 is 0 Å². The first kappa shape index (κ1) is 16.5. The summed E-state index contributed by atoms with van der Waals surface area (Å²) in [6.45, 7) is 2.72. The molecule has 5 heteroatoms. The SMILES string of the molecule is CC(CO)CCCNC(=O)[C@H](N)Cc1ccc(O)cc1. The monoisotopic (exact) mass is 280 g/mol. The van der Waals surface area contributed by atoms with Crippen molar-refractivity contribution in [3.8, 4) is 5.75 Å². The highest BCUT2D eigenvalue weighted by molar-refractivity contribution is 5.81. The van der Waals surface area contributed by atoms with Crippen molar-refractivity contribution in [2.24, 2.45) is 11.7 Å². The first-order valence-corrected chi connectivity index (χ1v) is 6.95. The molecule has 1 unspecified atom stereocenters. The maximum absolute atomic E-state index is 11.8. The minimum absolute atomic E-state index is 0.172. The second kappa shape index (κ2) is 8.55. The van der Waals surface area contributed by atoms with Crippen LogP contribution in [0, 0.1) is 5.92 Å². The highest BCUT2D eigenvalue weighted by atomic mass is 16.3. The van der Waals surface area contributed by atoms with Gasteiger partial charge in [0, 0.05) is 13.2 Å². The summed E-state index contributed by atoms with van der Waals surface area (Å²) < 4.78 is 0. The summed E-state index contributed by atoms with van der Waals surface area (Å²) in [6.07, 6.45) is 2.16. The number of hydrogen-bond acceptors (Lipinski definition) is 4. The number of phenols is 1. The molecule has 0 aromatic heterocycles. The molecule has 1 amide bonds. The lowest BCUT2D eigenvalue weighted by atomic mass is 10.1. The molecule has 0 aliphatic carbocycles. The number of carbonyl (C=O) groups excluding carboxylic acids is 1. The fraction of sp³-hybridized carbons (Fsp3) is 0.533. The molecule has 0 heterocycles. The molecule has 1 rings (SSSR count). The van der Waals surface area contributed by atoms with Crippen molar-refractivity contribution >= 4 is 5.91 Å². The zero-order valence-corrected chi connectivity index (χ0v) is 11.9. The van der Waals surface area contributed by atoms with Gasteiger partial charge in [-0.05, 0) is 42.9 Å². The fourth-order valence-electron chi connectivity index (χ4n) is 1.86. The van der Waals surface area contributed by atoms with E-state index in [2.05, 4.69) is 5.32 Å². The van der Waals surface area contributed by atoms with E-state index in [0.29, 0.717) is 13.0 Å². The summed E-state index contributed by atoms with van der Waals surface area (Å²) in [6, 6.07) is 6.08. The number of nitrogens with two attached hydrogens (primary N) is 1. The lowest BCUT2D eigenvalue weighted by Crippen LogP contribution is -2.42. The molecule has 0 spiro atoms. The van der Waals surface area contributed by atoms with Gasteiger partial charge >= 0.3 is 0 Å². The van der Waals surface area contributed by atoms with Crippen molar-refractivity contribution < 1.29 is 15.0 Å². The maximum Gasteiger partial charge on any atom is 0.237 e. The second-order valence-electron chi connectivity index (χ2n) is 5.20. The van der Waals surface area contributed by atoms with E-state index in [1.807, 2.05) is 6.92 Å². The predicted molar refractivity (Wildman–Crippen MR) is 78.3 cm³/mol. The van der Waals surface area contributed by atoms with Crippen LogP contribution >= 0.6 is 0 Å². The summed E-state index contributed by atoms with van der Waals surface area (Å²) in [5, 5.41) is 20.9. The van der Waals surface area contributed by atoms with Gasteiger partial charge in [0.2, 0.25) is 5.91 Å². The molecule has 1 aromatic rings. The van der Waals surface area contributed by atoms with Gasteiger partial charge in [0.05, 0.1) is 6.04 Å². The summed E-state index contributed by atoms with van der Waals surface area (Å²) >= 11 is 0. The Kier molecular flexibility index (Phi) is 7.04. The molecule has 0 saturated heterocycles. The average molecular weight is 280 g/mol. The number of aliphatic hydroxyl groups excluding tert-OH is 1. The minimum Gasteiger partial charge on any atom is -0.508 e. The van der Waals surface area contributed by atoms with Gasteiger partial charge in [-0.1, -0.05) is 19.1 Å². The number of rotatable bonds is 8. The number of aromatic hydroxyl groups is 1. The molecule has 1 aromatic carbocycles. The Morgan fingerprint density at radius 1 is 1.35 bits per heavy atom. The van der Waals surface area contributed by atoms with Gasteiger partial charge in [-0.3, -0.25) is 4.79 Å². The summed E-state index contributed by atoms with van der Waals surface area (Å²) in [4.78, 5) is 11.8. The first-order valence-electron chi connectivity index (χ1n) is 6.95. The Balaban J connectivity index is 2.27. The van der Waals surface area contributed by atoms with Crippen LogP contribution in [0.5, 0.6) is 5.75 Å². The van der Waals surface area contributed by atoms with E-state index < -0.39 is 6.04 Å². The molecule has 0 bridgehead atoms. The molecule has 5 N–H and O–H groups in total. The van der Waals surface area contributed by atoms with E-state index in [1.54, 1.807) is 24.3 Å². The molecule has 0 radical (unpaired) electrons. The Hall–Kier alpha value is -1.59. The number of phenolic OH excluding ortho intramolecular Hbond substituents is 1. The molecule has 20 heavy (non-hydrogen) atoms. The van der Waals surface area contributed by atoms with Crippen molar-refractivity contribution in [2.45, 2.75) is 32.2 Å². The third kappa shape index (κ3) is 6.04. The number of amides is 1. The third-order valence-corrected chi connectivity index (χ3v) is 3.21. The highest BCUT2D eigenvalue weighted by Crippen LogP contribution is 2.11. The normalized spacial score (nSPS) is 13.8. The zero-order chi connectivity index (χ0) is 15.0. The molecule has 0 fully saturated rings. The second-order valence-corrected chi connectivity index (χ2v) is 5.20. The number of aliphatic hydroxyl groups is 1. The topological polar surface area (TPSA) is 95.6 Å². The fourth-order valence-corrected chi connectivity index (χ4v) is 1.86. The smallest absolute Gasteiger partial charge is 0.237 e. The van der Waals surface area contributed by atoms with Crippen molar-refractivity contribution in [1.29, 1.82) is 0 Å². The van der Waals surface area contributed by atoms with Gasteiger partial charge in [-0.25, -0.2) is 0 Å². The van der Waals surface area contributed by atoms with Crippen LogP contribution in [0.2, 0.25) is 0 Å². The summed E-state index contributed by atoms with van der Waals surface area (Å²) in [5.74, 6) is 0.289. The van der Waals surface area contributed by atoms with Gasteiger partial charge in [-0.2, -0.15) is 0 Å². The number of benzene rings is 1. The van der Waals surface area contributed by atoms with E-state index in [0.717, 1.165) is 18.4 Å². The van der Waals surface area contributed by atoms with Crippen LogP contribution in [0.4, 0.5) is 0 Å². The first-order chi connectivity index (χ1) is 9.52. The van der Waals surface area contributed by atoms with Gasteiger partial charge in [0.1, 0.15) is 5.75 Å². The predicted octanol–water partition coefficient (Wildman–Crippen LogP) is 0.787. The van der Waals surface area contributed by atoms with Crippen LogP contribution in [0.3, 0.4) is 0 Å². The number of hydrogen-bond donors (Lipinski definition) is 4. The molecule has 0 aliphatic heterocycles. The van der Waals surface area contributed by atoms with Crippen LogP contribution in [0.25, 0.3) is 0 Å². The molecule has 5 nitrogen and oxygen atoms in total. The maximum atomic E-state index is 11.8. The van der Waals surface area contributed by atoms with E-state index in [1.165, 1.54) is 0 Å². The van der Waals surface area contributed by atoms with Crippen LogP contribution in [0.15, 0.2) is 24.3 Å². The average Bonchev–Trinajstić information content (AvgIpc) is 2.45. The molecule has 0 saturated carbocycles. The van der Waals surface area contributed by atoms with E-state index in [9.17, 15) is 9.90 Å². The number of carbonyl (C=O) groups is 1. The molecule has 112 valence electrons. The molecular weight excluding hydrogens is 256 g/mol. The Labute approximate surface area is 119 Å². The molecule has 0 aliphatic rings. The van der Waals surface area contributed by atoms with Gasteiger partial charge in [0.25, 0.3) is 0 Å². The largest absolute Gasteiger partial charge is 0.508 e. The van der Waals surface area contributed by atoms with Gasteiger partial charge in [-0.15, -0.1) is 0 Å². The zero-order valence-electron chi connectivity index (χ0n) is 11.9. The standard InChI is InChI=1S/C15H24N2O3/c1-11(10-18)3-2-8-17-15(20)14(16)9-12-4-6-13(19)7-5-12/h4-7,11,14,18-19H,2-3,8-10,16H2,1H3,(H,17,20)/t11?,14-/m1/s1. The van der Waals surface area contributed by atoms with Crippen molar-refractivity contribution in [1.82, 2.24) is 5.32 Å². The number of nitrogens with one attached hydrogen (secondary N) is 1. The van der Waals surface area contributed by atoms with E-state index in [4.69, 9.17) is 10.8 Å². The van der Waals surface area contributed by atoms with Crippen molar-refractivity contribution in [3.63, 3.8) is 0 Å². The Morgan fingerprint density at radius 2 is 2.00 bits per heavy atom. The van der Waals surface area contributed by atoms with E-state index in [-0.39, 0.29) is 24.2 Å².